The Balaban J connectivity index is 1.72. The summed E-state index contributed by atoms with van der Waals surface area (Å²) in [6.07, 6.45) is 5.52. The first-order chi connectivity index (χ1) is 15.6. The number of carbonyl (C=O) groups excluding carboxylic acids is 1. The lowest BCUT2D eigenvalue weighted by Crippen LogP contribution is -2.31. The molecule has 0 atom stereocenters. The Morgan fingerprint density at radius 1 is 0.969 bits per heavy atom. The van der Waals surface area contributed by atoms with Crippen molar-refractivity contribution in [2.45, 2.75) is 46.7 Å². The Labute approximate surface area is 190 Å². The molecular formula is C26H33N3O3. The van der Waals surface area contributed by atoms with Crippen LogP contribution in [0.4, 0.5) is 0 Å². The van der Waals surface area contributed by atoms with Gasteiger partial charge in [-0.15, -0.1) is 0 Å². The summed E-state index contributed by atoms with van der Waals surface area (Å²) >= 11 is 0. The van der Waals surface area contributed by atoms with Crippen LogP contribution in [0.3, 0.4) is 0 Å². The smallest absolute Gasteiger partial charge is 0.254 e. The van der Waals surface area contributed by atoms with E-state index in [0.717, 1.165) is 35.5 Å². The molecule has 0 saturated carbocycles. The molecule has 1 heterocycles. The fourth-order valence-corrected chi connectivity index (χ4v) is 3.51. The second-order valence-corrected chi connectivity index (χ2v) is 7.69. The molecule has 0 N–H and O–H groups in total. The third-order valence-corrected chi connectivity index (χ3v) is 5.03. The quantitative estimate of drug-likeness (QED) is 0.394. The van der Waals surface area contributed by atoms with Crippen molar-refractivity contribution in [2.24, 2.45) is 0 Å². The van der Waals surface area contributed by atoms with Crippen LogP contribution in [-0.4, -0.2) is 40.3 Å². The molecule has 1 amide bonds. The topological polar surface area (TPSA) is 56.6 Å². The molecular weight excluding hydrogens is 402 g/mol. The van der Waals surface area contributed by atoms with Crippen molar-refractivity contribution in [3.63, 3.8) is 0 Å². The molecule has 0 radical (unpaired) electrons. The van der Waals surface area contributed by atoms with Crippen LogP contribution in [0.5, 0.6) is 11.5 Å². The van der Waals surface area contributed by atoms with Crippen molar-refractivity contribution in [3.05, 3.63) is 77.6 Å². The van der Waals surface area contributed by atoms with Gasteiger partial charge in [-0.25, -0.2) is 0 Å². The summed E-state index contributed by atoms with van der Waals surface area (Å²) in [6.45, 7) is 9.23. The van der Waals surface area contributed by atoms with E-state index in [1.54, 1.807) is 6.20 Å². The van der Waals surface area contributed by atoms with Gasteiger partial charge in [0.2, 0.25) is 0 Å². The van der Waals surface area contributed by atoms with Gasteiger partial charge in [0.05, 0.1) is 19.8 Å². The van der Waals surface area contributed by atoms with Gasteiger partial charge in [-0.3, -0.25) is 9.48 Å². The molecule has 0 saturated heterocycles. The maximum Gasteiger partial charge on any atom is 0.254 e. The van der Waals surface area contributed by atoms with Crippen LogP contribution in [0.15, 0.2) is 60.9 Å². The summed E-state index contributed by atoms with van der Waals surface area (Å²) in [7, 11) is 0. The van der Waals surface area contributed by atoms with Gasteiger partial charge in [0.1, 0.15) is 0 Å². The van der Waals surface area contributed by atoms with Gasteiger partial charge in [-0.1, -0.05) is 32.0 Å². The highest BCUT2D eigenvalue weighted by atomic mass is 16.5. The van der Waals surface area contributed by atoms with Gasteiger partial charge >= 0.3 is 0 Å². The SMILES string of the molecule is CCCOc1ccc(CN(CCC)C(=O)c2ccc(Cn3cccn3)cc2)cc1OCC. The molecule has 0 aliphatic heterocycles. The monoisotopic (exact) mass is 435 g/mol. The number of rotatable bonds is 12. The molecule has 3 aromatic rings. The number of carbonyl (C=O) groups is 1. The maximum atomic E-state index is 13.2. The normalized spacial score (nSPS) is 10.7. The van der Waals surface area contributed by atoms with E-state index in [4.69, 9.17) is 9.47 Å². The molecule has 3 rings (SSSR count). The molecule has 0 aliphatic rings. The number of benzene rings is 2. The highest BCUT2D eigenvalue weighted by molar-refractivity contribution is 5.94. The minimum atomic E-state index is 0.0294. The summed E-state index contributed by atoms with van der Waals surface area (Å²) in [5.74, 6) is 1.51. The first-order valence-corrected chi connectivity index (χ1v) is 11.4. The van der Waals surface area contributed by atoms with E-state index in [2.05, 4.69) is 18.9 Å². The van der Waals surface area contributed by atoms with E-state index >= 15 is 0 Å². The molecule has 32 heavy (non-hydrogen) atoms. The summed E-state index contributed by atoms with van der Waals surface area (Å²) in [5, 5.41) is 4.23. The van der Waals surface area contributed by atoms with E-state index < -0.39 is 0 Å². The summed E-state index contributed by atoms with van der Waals surface area (Å²) in [4.78, 5) is 15.1. The van der Waals surface area contributed by atoms with Crippen molar-refractivity contribution in [1.29, 1.82) is 0 Å². The van der Waals surface area contributed by atoms with Crippen molar-refractivity contribution in [1.82, 2.24) is 14.7 Å². The van der Waals surface area contributed by atoms with Crippen LogP contribution < -0.4 is 9.47 Å². The van der Waals surface area contributed by atoms with Crippen molar-refractivity contribution in [2.75, 3.05) is 19.8 Å². The fraction of sp³-hybridized carbons (Fsp3) is 0.385. The average Bonchev–Trinajstić information content (AvgIpc) is 3.31. The largest absolute Gasteiger partial charge is 0.490 e. The Hall–Kier alpha value is -3.28. The van der Waals surface area contributed by atoms with Crippen LogP contribution in [0.25, 0.3) is 0 Å². The van der Waals surface area contributed by atoms with E-state index in [-0.39, 0.29) is 5.91 Å². The lowest BCUT2D eigenvalue weighted by atomic mass is 10.1. The van der Waals surface area contributed by atoms with Crippen LogP contribution in [0.1, 0.15) is 55.1 Å². The second kappa shape index (κ2) is 11.9. The van der Waals surface area contributed by atoms with Gasteiger partial charge in [-0.05, 0) is 61.2 Å². The van der Waals surface area contributed by atoms with E-state index in [0.29, 0.717) is 38.4 Å². The number of ether oxygens (including phenoxy) is 2. The molecule has 6 nitrogen and oxygen atoms in total. The minimum absolute atomic E-state index is 0.0294. The standard InChI is InChI=1S/C26H33N3O3/c1-4-15-28(19-22-10-13-24(32-17-5-2)25(18-22)31-6-3)26(30)23-11-8-21(9-12-23)20-29-16-7-14-27-29/h7-14,16,18H,4-6,15,17,19-20H2,1-3H3. The highest BCUT2D eigenvalue weighted by Crippen LogP contribution is 2.29. The zero-order valence-corrected chi connectivity index (χ0v) is 19.3. The minimum Gasteiger partial charge on any atom is -0.490 e. The van der Waals surface area contributed by atoms with Crippen molar-refractivity contribution in [3.8, 4) is 11.5 Å². The lowest BCUT2D eigenvalue weighted by molar-refractivity contribution is 0.0743. The van der Waals surface area contributed by atoms with Crippen molar-refractivity contribution >= 4 is 5.91 Å². The predicted octanol–water partition coefficient (Wildman–Crippen LogP) is 5.17. The number of amides is 1. The molecule has 0 fully saturated rings. The zero-order valence-electron chi connectivity index (χ0n) is 19.3. The second-order valence-electron chi connectivity index (χ2n) is 7.69. The van der Waals surface area contributed by atoms with Crippen LogP contribution in [0.2, 0.25) is 0 Å². The third kappa shape index (κ3) is 6.36. The third-order valence-electron chi connectivity index (χ3n) is 5.03. The molecule has 1 aromatic heterocycles. The molecule has 2 aromatic carbocycles. The molecule has 0 spiro atoms. The summed E-state index contributed by atoms with van der Waals surface area (Å²) in [5.41, 5.74) is 2.82. The molecule has 170 valence electrons. The number of hydrogen-bond donors (Lipinski definition) is 0. The Morgan fingerprint density at radius 3 is 2.41 bits per heavy atom. The van der Waals surface area contributed by atoms with Crippen molar-refractivity contribution < 1.29 is 14.3 Å². The highest BCUT2D eigenvalue weighted by Gasteiger charge is 2.17. The first kappa shape index (κ1) is 23.4. The predicted molar refractivity (Wildman–Crippen MR) is 126 cm³/mol. The van der Waals surface area contributed by atoms with Gasteiger partial charge in [0.25, 0.3) is 5.91 Å². The number of nitrogens with zero attached hydrogens (tertiary/aromatic N) is 3. The Kier molecular flexibility index (Phi) is 8.72. The van der Waals surface area contributed by atoms with E-state index in [1.807, 2.05) is 71.2 Å². The fourth-order valence-electron chi connectivity index (χ4n) is 3.51. The van der Waals surface area contributed by atoms with E-state index in [1.165, 1.54) is 0 Å². The number of hydrogen-bond acceptors (Lipinski definition) is 4. The Bertz CT molecular complexity index is 968. The van der Waals surface area contributed by atoms with Gasteiger partial charge in [-0.2, -0.15) is 5.10 Å². The van der Waals surface area contributed by atoms with Crippen LogP contribution >= 0.6 is 0 Å². The summed E-state index contributed by atoms with van der Waals surface area (Å²) in [6, 6.07) is 15.6. The van der Waals surface area contributed by atoms with Crippen LogP contribution in [0, 0.1) is 0 Å². The van der Waals surface area contributed by atoms with Gasteiger partial charge in [0, 0.05) is 31.0 Å². The van der Waals surface area contributed by atoms with E-state index in [9.17, 15) is 4.79 Å². The molecule has 6 heteroatoms. The number of aromatic nitrogens is 2. The molecule has 0 bridgehead atoms. The zero-order chi connectivity index (χ0) is 22.8. The first-order valence-electron chi connectivity index (χ1n) is 11.4. The van der Waals surface area contributed by atoms with Gasteiger partial charge in [0.15, 0.2) is 11.5 Å². The average molecular weight is 436 g/mol. The maximum absolute atomic E-state index is 13.2. The van der Waals surface area contributed by atoms with Crippen LogP contribution in [-0.2, 0) is 13.1 Å². The lowest BCUT2D eigenvalue weighted by Gasteiger charge is -2.23. The molecule has 0 aliphatic carbocycles. The Morgan fingerprint density at radius 2 is 1.75 bits per heavy atom. The summed E-state index contributed by atoms with van der Waals surface area (Å²) < 4.78 is 13.4. The molecule has 0 unspecified atom stereocenters. The van der Waals surface area contributed by atoms with Gasteiger partial charge < -0.3 is 14.4 Å².